The fraction of sp³-hybridized carbons (Fsp3) is 0.421. The molecular formula is C19H24N4O2S. The molecule has 1 N–H and O–H groups in total. The number of nitrogens with zero attached hydrogens (tertiary/aromatic N) is 3. The lowest BCUT2D eigenvalue weighted by Gasteiger charge is -2.33. The molecule has 2 amide bonds. The third-order valence-electron chi connectivity index (χ3n) is 4.44. The van der Waals surface area contributed by atoms with Crippen LogP contribution >= 0.6 is 11.3 Å². The summed E-state index contributed by atoms with van der Waals surface area (Å²) in [5.41, 5.74) is 1.73. The van der Waals surface area contributed by atoms with E-state index >= 15 is 0 Å². The van der Waals surface area contributed by atoms with Crippen LogP contribution in [0.2, 0.25) is 0 Å². The number of fused-ring (bicyclic) bond motifs is 1. The second-order valence-electron chi connectivity index (χ2n) is 6.71. The molecule has 138 valence electrons. The summed E-state index contributed by atoms with van der Waals surface area (Å²) in [6, 6.07) is 7.49. The maximum absolute atomic E-state index is 12.8. The predicted molar refractivity (Wildman–Crippen MR) is 102 cm³/mol. The molecule has 3 rings (SSSR count). The van der Waals surface area contributed by atoms with E-state index in [0.717, 1.165) is 24.2 Å². The minimum atomic E-state index is -0.428. The molecule has 0 saturated heterocycles. The summed E-state index contributed by atoms with van der Waals surface area (Å²) < 4.78 is 0. The molecule has 0 aliphatic carbocycles. The second kappa shape index (κ2) is 8.42. The Balaban J connectivity index is 1.73. The van der Waals surface area contributed by atoms with Crippen LogP contribution in [0.15, 0.2) is 35.8 Å². The summed E-state index contributed by atoms with van der Waals surface area (Å²) in [7, 11) is 4.02. The van der Waals surface area contributed by atoms with Crippen molar-refractivity contribution in [2.24, 2.45) is 0 Å². The van der Waals surface area contributed by atoms with E-state index in [4.69, 9.17) is 0 Å². The van der Waals surface area contributed by atoms with E-state index < -0.39 is 5.92 Å². The molecule has 2 aromatic rings. The number of hydrogen-bond donors (Lipinski definition) is 1. The Morgan fingerprint density at radius 1 is 1.35 bits per heavy atom. The Morgan fingerprint density at radius 3 is 2.92 bits per heavy atom. The molecule has 1 atom stereocenters. The molecule has 0 bridgehead atoms. The minimum absolute atomic E-state index is 0.0279. The maximum Gasteiger partial charge on any atom is 0.264 e. The van der Waals surface area contributed by atoms with E-state index in [1.165, 1.54) is 11.3 Å². The van der Waals surface area contributed by atoms with Crippen LogP contribution in [0.25, 0.3) is 0 Å². The number of aromatic nitrogens is 1. The van der Waals surface area contributed by atoms with Crippen molar-refractivity contribution in [2.45, 2.75) is 18.9 Å². The van der Waals surface area contributed by atoms with Crippen LogP contribution in [0.5, 0.6) is 0 Å². The highest BCUT2D eigenvalue weighted by atomic mass is 32.1. The Kier molecular flexibility index (Phi) is 6.00. The number of hydrogen-bond acceptors (Lipinski definition) is 5. The average Bonchev–Trinajstić information content (AvgIpc) is 3.18. The third-order valence-corrected chi connectivity index (χ3v) is 5.30. The molecule has 6 nitrogen and oxygen atoms in total. The molecule has 7 heteroatoms. The molecule has 3 heterocycles. The van der Waals surface area contributed by atoms with Crippen LogP contribution in [0.1, 0.15) is 33.3 Å². The van der Waals surface area contributed by atoms with Gasteiger partial charge in [-0.1, -0.05) is 12.1 Å². The van der Waals surface area contributed by atoms with Crippen molar-refractivity contribution in [1.82, 2.24) is 20.1 Å². The fourth-order valence-corrected chi connectivity index (χ4v) is 3.81. The van der Waals surface area contributed by atoms with Crippen molar-refractivity contribution in [2.75, 3.05) is 33.7 Å². The monoisotopic (exact) mass is 372 g/mol. The number of rotatable bonds is 6. The van der Waals surface area contributed by atoms with Crippen LogP contribution in [0.4, 0.5) is 0 Å². The standard InChI is InChI=1S/C19H24N4O2S/c1-22(2)10-5-9-21-18(24)15-13-23(19(25)16-7-4-11-26-16)12-14-6-3-8-20-17(14)15/h3-4,6-8,11,15H,5,9-10,12-13H2,1-2H3,(H,21,24). The Bertz CT molecular complexity index is 761. The maximum atomic E-state index is 12.8. The fourth-order valence-electron chi connectivity index (χ4n) is 3.12. The zero-order valence-corrected chi connectivity index (χ0v) is 16.0. The topological polar surface area (TPSA) is 65.5 Å². The summed E-state index contributed by atoms with van der Waals surface area (Å²) in [5, 5.41) is 4.89. The van der Waals surface area contributed by atoms with Crippen LogP contribution in [-0.4, -0.2) is 60.3 Å². The Labute approximate surface area is 157 Å². The van der Waals surface area contributed by atoms with Gasteiger partial charge in [0, 0.05) is 25.8 Å². The van der Waals surface area contributed by atoms with Crippen molar-refractivity contribution in [3.05, 3.63) is 52.0 Å². The van der Waals surface area contributed by atoms with Crippen molar-refractivity contribution in [1.29, 1.82) is 0 Å². The van der Waals surface area contributed by atoms with Gasteiger partial charge in [-0.25, -0.2) is 0 Å². The molecule has 0 saturated carbocycles. The highest BCUT2D eigenvalue weighted by Crippen LogP contribution is 2.28. The van der Waals surface area contributed by atoms with Gasteiger partial charge in [0.1, 0.15) is 0 Å². The molecule has 26 heavy (non-hydrogen) atoms. The molecule has 1 aliphatic rings. The number of amides is 2. The quantitative estimate of drug-likeness (QED) is 0.787. The van der Waals surface area contributed by atoms with Gasteiger partial charge in [-0.2, -0.15) is 0 Å². The van der Waals surface area contributed by atoms with Gasteiger partial charge in [0.25, 0.3) is 5.91 Å². The smallest absolute Gasteiger partial charge is 0.264 e. The van der Waals surface area contributed by atoms with Gasteiger partial charge >= 0.3 is 0 Å². The first kappa shape index (κ1) is 18.5. The predicted octanol–water partition coefficient (Wildman–Crippen LogP) is 1.95. The van der Waals surface area contributed by atoms with Crippen molar-refractivity contribution < 1.29 is 9.59 Å². The van der Waals surface area contributed by atoms with Gasteiger partial charge in [-0.15, -0.1) is 11.3 Å². The first-order valence-corrected chi connectivity index (χ1v) is 9.63. The Morgan fingerprint density at radius 2 is 2.19 bits per heavy atom. The first-order valence-electron chi connectivity index (χ1n) is 8.75. The van der Waals surface area contributed by atoms with E-state index in [1.54, 1.807) is 11.1 Å². The van der Waals surface area contributed by atoms with Gasteiger partial charge < -0.3 is 15.1 Å². The zero-order chi connectivity index (χ0) is 18.5. The van der Waals surface area contributed by atoms with E-state index in [0.29, 0.717) is 24.5 Å². The summed E-state index contributed by atoms with van der Waals surface area (Å²) in [5.74, 6) is -0.518. The number of thiophene rings is 1. The SMILES string of the molecule is CN(C)CCCNC(=O)C1CN(C(=O)c2cccs2)Cc2cccnc21. The number of pyridine rings is 1. The molecule has 1 aliphatic heterocycles. The minimum Gasteiger partial charge on any atom is -0.355 e. The van der Waals surface area contributed by atoms with E-state index in [-0.39, 0.29) is 11.8 Å². The number of carbonyl (C=O) groups is 2. The zero-order valence-electron chi connectivity index (χ0n) is 15.1. The lowest BCUT2D eigenvalue weighted by atomic mass is 9.93. The van der Waals surface area contributed by atoms with E-state index in [1.807, 2.05) is 43.7 Å². The Hall–Kier alpha value is -2.25. The van der Waals surface area contributed by atoms with Crippen molar-refractivity contribution in [3.8, 4) is 0 Å². The van der Waals surface area contributed by atoms with Crippen LogP contribution < -0.4 is 5.32 Å². The molecule has 0 radical (unpaired) electrons. The molecular weight excluding hydrogens is 348 g/mol. The molecule has 0 spiro atoms. The number of nitrogens with one attached hydrogen (secondary N) is 1. The van der Waals surface area contributed by atoms with Crippen LogP contribution in [0, 0.1) is 0 Å². The lowest BCUT2D eigenvalue weighted by molar-refractivity contribution is -0.123. The molecule has 0 aromatic carbocycles. The first-order chi connectivity index (χ1) is 12.6. The highest BCUT2D eigenvalue weighted by Gasteiger charge is 2.34. The molecule has 2 aromatic heterocycles. The van der Waals surface area contributed by atoms with Crippen LogP contribution in [0.3, 0.4) is 0 Å². The number of carbonyl (C=O) groups excluding carboxylic acids is 2. The van der Waals surface area contributed by atoms with E-state index in [9.17, 15) is 9.59 Å². The van der Waals surface area contributed by atoms with E-state index in [2.05, 4.69) is 15.2 Å². The highest BCUT2D eigenvalue weighted by molar-refractivity contribution is 7.12. The van der Waals surface area contributed by atoms with Gasteiger partial charge in [0.05, 0.1) is 16.5 Å². The molecule has 0 fully saturated rings. The van der Waals surface area contributed by atoms with Crippen molar-refractivity contribution in [3.63, 3.8) is 0 Å². The van der Waals surface area contributed by atoms with Crippen molar-refractivity contribution >= 4 is 23.2 Å². The normalized spacial score (nSPS) is 16.4. The van der Waals surface area contributed by atoms with Gasteiger partial charge in [-0.05, 0) is 50.1 Å². The van der Waals surface area contributed by atoms with Crippen LogP contribution in [-0.2, 0) is 11.3 Å². The summed E-state index contributed by atoms with van der Waals surface area (Å²) in [4.78, 5) is 34.5. The third kappa shape index (κ3) is 4.28. The van der Waals surface area contributed by atoms with Gasteiger partial charge in [0.2, 0.25) is 5.91 Å². The van der Waals surface area contributed by atoms with Gasteiger partial charge in [-0.3, -0.25) is 14.6 Å². The summed E-state index contributed by atoms with van der Waals surface area (Å²) in [6.07, 6.45) is 2.60. The largest absolute Gasteiger partial charge is 0.355 e. The summed E-state index contributed by atoms with van der Waals surface area (Å²) >= 11 is 1.42. The van der Waals surface area contributed by atoms with Gasteiger partial charge in [0.15, 0.2) is 0 Å². The second-order valence-corrected chi connectivity index (χ2v) is 7.66. The lowest BCUT2D eigenvalue weighted by Crippen LogP contribution is -2.44. The average molecular weight is 372 g/mol. The summed E-state index contributed by atoms with van der Waals surface area (Å²) in [6.45, 7) is 2.39. The molecule has 1 unspecified atom stereocenters.